The molecule has 10 heteroatoms. The van der Waals surface area contributed by atoms with Gasteiger partial charge in [0.05, 0.1) is 12.2 Å². The van der Waals surface area contributed by atoms with Crippen molar-refractivity contribution < 1.29 is 27.4 Å². The molecule has 0 bridgehead atoms. The summed E-state index contributed by atoms with van der Waals surface area (Å²) in [6.07, 6.45) is -0.587. The number of amides is 1. The van der Waals surface area contributed by atoms with Crippen LogP contribution in [0.1, 0.15) is 19.3 Å². The summed E-state index contributed by atoms with van der Waals surface area (Å²) in [4.78, 5) is 14.8. The van der Waals surface area contributed by atoms with E-state index in [0.29, 0.717) is 24.4 Å². The first-order valence-corrected chi connectivity index (χ1v) is 10.2. The molecule has 1 atom stereocenters. The third kappa shape index (κ3) is 5.37. The van der Waals surface area contributed by atoms with Crippen LogP contribution in [0.2, 0.25) is 0 Å². The first-order valence-electron chi connectivity index (χ1n) is 10.2. The number of benzene rings is 2. The van der Waals surface area contributed by atoms with E-state index in [4.69, 9.17) is 4.74 Å². The molecule has 2 aromatic carbocycles. The second-order valence-electron chi connectivity index (χ2n) is 7.37. The molecule has 1 fully saturated rings. The van der Waals surface area contributed by atoms with Crippen molar-refractivity contribution in [3.05, 3.63) is 60.8 Å². The summed E-state index contributed by atoms with van der Waals surface area (Å²) in [7, 11) is 0. The van der Waals surface area contributed by atoms with E-state index >= 15 is 0 Å². The van der Waals surface area contributed by atoms with Gasteiger partial charge in [0.1, 0.15) is 23.8 Å². The van der Waals surface area contributed by atoms with Gasteiger partial charge in [-0.15, -0.1) is 18.3 Å². The maximum Gasteiger partial charge on any atom is 0.573 e. The van der Waals surface area contributed by atoms with Crippen molar-refractivity contribution >= 4 is 6.03 Å². The third-order valence-electron chi connectivity index (χ3n) is 5.13. The summed E-state index contributed by atoms with van der Waals surface area (Å²) in [5, 5.41) is 7.92. The van der Waals surface area contributed by atoms with Crippen LogP contribution in [0.3, 0.4) is 0 Å². The number of carbonyl (C=O) groups excluding carboxylic acids is 1. The van der Waals surface area contributed by atoms with Gasteiger partial charge in [-0.25, -0.2) is 4.79 Å². The molecule has 0 radical (unpaired) electrons. The van der Waals surface area contributed by atoms with E-state index in [1.54, 1.807) is 4.90 Å². The zero-order valence-corrected chi connectivity index (χ0v) is 17.0. The van der Waals surface area contributed by atoms with Crippen LogP contribution in [-0.4, -0.2) is 51.5 Å². The fourth-order valence-corrected chi connectivity index (χ4v) is 3.58. The van der Waals surface area contributed by atoms with Crippen LogP contribution in [0.4, 0.5) is 18.0 Å². The number of halogens is 3. The number of alkyl halides is 3. The highest BCUT2D eigenvalue weighted by Gasteiger charge is 2.31. The van der Waals surface area contributed by atoms with Gasteiger partial charge < -0.3 is 14.4 Å². The predicted octanol–water partition coefficient (Wildman–Crippen LogP) is 4.75. The van der Waals surface area contributed by atoms with Crippen molar-refractivity contribution in [2.24, 2.45) is 0 Å². The van der Waals surface area contributed by atoms with E-state index in [-0.39, 0.29) is 17.8 Å². The second kappa shape index (κ2) is 9.29. The quantitative estimate of drug-likeness (QED) is 0.566. The molecule has 1 aliphatic heterocycles. The van der Waals surface area contributed by atoms with Crippen molar-refractivity contribution in [2.75, 3.05) is 13.2 Å². The SMILES string of the molecule is O=C(N1CCCCC1COc1ccccc1)n1cc(-c2ccc(OC(F)(F)F)cc2)nn1. The van der Waals surface area contributed by atoms with Gasteiger partial charge in [-0.3, -0.25) is 0 Å². The summed E-state index contributed by atoms with van der Waals surface area (Å²) in [6, 6.07) is 14.2. The summed E-state index contributed by atoms with van der Waals surface area (Å²) < 4.78 is 47.8. The van der Waals surface area contributed by atoms with Crippen molar-refractivity contribution in [1.82, 2.24) is 19.9 Å². The molecule has 168 valence electrons. The Morgan fingerprint density at radius 2 is 1.78 bits per heavy atom. The average Bonchev–Trinajstić information content (AvgIpc) is 3.28. The molecule has 0 spiro atoms. The number of hydrogen-bond donors (Lipinski definition) is 0. The zero-order valence-electron chi connectivity index (χ0n) is 17.0. The van der Waals surface area contributed by atoms with Gasteiger partial charge in [-0.2, -0.15) is 4.68 Å². The lowest BCUT2D eigenvalue weighted by Crippen LogP contribution is -2.48. The maximum atomic E-state index is 13.1. The Labute approximate surface area is 182 Å². The van der Waals surface area contributed by atoms with Crippen LogP contribution in [0.5, 0.6) is 11.5 Å². The minimum absolute atomic E-state index is 0.0945. The molecular formula is C22H21F3N4O3. The molecule has 0 N–H and O–H groups in total. The Hall–Kier alpha value is -3.56. The van der Waals surface area contributed by atoms with Crippen LogP contribution in [0.15, 0.2) is 60.8 Å². The number of piperidine rings is 1. The van der Waals surface area contributed by atoms with Gasteiger partial charge in [0.2, 0.25) is 0 Å². The minimum atomic E-state index is -4.76. The fraction of sp³-hybridized carbons (Fsp3) is 0.318. The predicted molar refractivity (Wildman–Crippen MR) is 109 cm³/mol. The molecule has 1 aromatic heterocycles. The Morgan fingerprint density at radius 3 is 2.50 bits per heavy atom. The minimum Gasteiger partial charge on any atom is -0.491 e. The number of aromatic nitrogens is 3. The number of likely N-dealkylation sites (tertiary alicyclic amines) is 1. The third-order valence-corrected chi connectivity index (χ3v) is 5.13. The number of nitrogens with zero attached hydrogens (tertiary/aromatic N) is 4. The van der Waals surface area contributed by atoms with E-state index in [9.17, 15) is 18.0 Å². The first kappa shape index (κ1) is 21.7. The summed E-state index contributed by atoms with van der Waals surface area (Å²) in [5.74, 6) is 0.408. The summed E-state index contributed by atoms with van der Waals surface area (Å²) in [6.45, 7) is 0.957. The molecular weight excluding hydrogens is 425 g/mol. The van der Waals surface area contributed by atoms with Gasteiger partial charge in [0.15, 0.2) is 0 Å². The monoisotopic (exact) mass is 446 g/mol. The lowest BCUT2D eigenvalue weighted by Gasteiger charge is -2.34. The lowest BCUT2D eigenvalue weighted by molar-refractivity contribution is -0.274. The number of ether oxygens (including phenoxy) is 2. The topological polar surface area (TPSA) is 69.5 Å². The zero-order chi connectivity index (χ0) is 22.6. The Bertz CT molecular complexity index is 1040. The summed E-state index contributed by atoms with van der Waals surface area (Å²) >= 11 is 0. The van der Waals surface area contributed by atoms with Crippen molar-refractivity contribution in [1.29, 1.82) is 0 Å². The largest absolute Gasteiger partial charge is 0.573 e. The van der Waals surface area contributed by atoms with E-state index in [2.05, 4.69) is 15.0 Å². The van der Waals surface area contributed by atoms with Crippen molar-refractivity contribution in [3.63, 3.8) is 0 Å². The molecule has 4 rings (SSSR count). The van der Waals surface area contributed by atoms with Gasteiger partial charge in [0, 0.05) is 12.1 Å². The molecule has 1 saturated heterocycles. The highest BCUT2D eigenvalue weighted by atomic mass is 19.4. The molecule has 2 heterocycles. The lowest BCUT2D eigenvalue weighted by atomic mass is 10.0. The van der Waals surface area contributed by atoms with E-state index in [1.807, 2.05) is 30.3 Å². The number of hydrogen-bond acceptors (Lipinski definition) is 5. The number of carbonyl (C=O) groups is 1. The molecule has 1 unspecified atom stereocenters. The van der Waals surface area contributed by atoms with Crippen LogP contribution in [0.25, 0.3) is 11.3 Å². The van der Waals surface area contributed by atoms with Crippen LogP contribution < -0.4 is 9.47 Å². The Kier molecular flexibility index (Phi) is 6.29. The highest BCUT2D eigenvalue weighted by molar-refractivity contribution is 5.77. The normalized spacial score (nSPS) is 16.6. The molecule has 7 nitrogen and oxygen atoms in total. The number of para-hydroxylation sites is 1. The maximum absolute atomic E-state index is 13.1. The van der Waals surface area contributed by atoms with Crippen molar-refractivity contribution in [3.8, 4) is 22.8 Å². The Morgan fingerprint density at radius 1 is 1.03 bits per heavy atom. The first-order chi connectivity index (χ1) is 15.4. The van der Waals surface area contributed by atoms with Gasteiger partial charge in [0.25, 0.3) is 0 Å². The van der Waals surface area contributed by atoms with Crippen LogP contribution in [0, 0.1) is 0 Å². The number of rotatable bonds is 5. The van der Waals surface area contributed by atoms with E-state index in [0.717, 1.165) is 29.7 Å². The highest BCUT2D eigenvalue weighted by Crippen LogP contribution is 2.26. The van der Waals surface area contributed by atoms with E-state index in [1.165, 1.54) is 30.5 Å². The van der Waals surface area contributed by atoms with Gasteiger partial charge >= 0.3 is 12.4 Å². The van der Waals surface area contributed by atoms with Crippen LogP contribution in [-0.2, 0) is 0 Å². The van der Waals surface area contributed by atoms with E-state index < -0.39 is 6.36 Å². The van der Waals surface area contributed by atoms with Gasteiger partial charge in [-0.1, -0.05) is 23.4 Å². The summed E-state index contributed by atoms with van der Waals surface area (Å²) in [5.41, 5.74) is 0.882. The van der Waals surface area contributed by atoms with Crippen molar-refractivity contribution in [2.45, 2.75) is 31.7 Å². The smallest absolute Gasteiger partial charge is 0.491 e. The molecule has 3 aromatic rings. The van der Waals surface area contributed by atoms with Crippen LogP contribution >= 0.6 is 0 Å². The average molecular weight is 446 g/mol. The molecule has 1 aliphatic rings. The van der Waals surface area contributed by atoms with Gasteiger partial charge in [-0.05, 0) is 55.7 Å². The molecule has 0 saturated carbocycles. The molecule has 0 aliphatic carbocycles. The molecule has 32 heavy (non-hydrogen) atoms. The second-order valence-corrected chi connectivity index (χ2v) is 7.37. The molecule has 1 amide bonds. The fourth-order valence-electron chi connectivity index (χ4n) is 3.58. The standard InChI is InChI=1S/C22H21F3N4O3/c23-22(24,25)32-19-11-9-16(10-12-19)20-14-29(27-26-20)21(30)28-13-5-4-6-17(28)15-31-18-7-2-1-3-8-18/h1-3,7-12,14,17H,4-6,13,15H2. The Balaban J connectivity index is 1.43.